The van der Waals surface area contributed by atoms with E-state index in [0.717, 1.165) is 49.5 Å². The zero-order valence-corrected chi connectivity index (χ0v) is 17.4. The maximum Gasteiger partial charge on any atom is 0.195 e. The topological polar surface area (TPSA) is 59.5 Å². The van der Waals surface area contributed by atoms with E-state index in [-0.39, 0.29) is 6.42 Å². The molecule has 2 aromatic carbocycles. The second-order valence-corrected chi connectivity index (χ2v) is 7.71. The van der Waals surface area contributed by atoms with E-state index in [1.165, 1.54) is 0 Å². The molecule has 0 aliphatic rings. The van der Waals surface area contributed by atoms with Crippen LogP contribution in [-0.4, -0.2) is 23.1 Å². The molecule has 0 aliphatic heterocycles. The summed E-state index contributed by atoms with van der Waals surface area (Å²) in [5.41, 5.74) is 4.70. The first-order valence-corrected chi connectivity index (χ1v) is 10.2. The molecular weight excluding hydrogens is 382 g/mol. The van der Waals surface area contributed by atoms with Crippen LogP contribution in [0.15, 0.2) is 48.5 Å². The Morgan fingerprint density at radius 1 is 1.14 bits per heavy atom. The van der Waals surface area contributed by atoms with Crippen LogP contribution in [-0.2, 0) is 6.42 Å². The van der Waals surface area contributed by atoms with Crippen molar-refractivity contribution in [1.82, 2.24) is 9.38 Å². The number of methoxy groups -OCH3 is 1. The molecule has 2 aromatic heterocycles. The lowest BCUT2D eigenvalue weighted by Gasteiger charge is -2.09. The zero-order chi connectivity index (χ0) is 20.4. The summed E-state index contributed by atoms with van der Waals surface area (Å²) in [6, 6.07) is 18.2. The highest BCUT2D eigenvalue weighted by molar-refractivity contribution is 7.17. The Hall–Kier alpha value is -3.30. The quantitative estimate of drug-likeness (QED) is 0.426. The summed E-state index contributed by atoms with van der Waals surface area (Å²) in [6.45, 7) is 4.70. The number of para-hydroxylation sites is 1. The fourth-order valence-corrected chi connectivity index (χ4v) is 4.58. The standard InChI is InChI=1S/C23H21N3O2S/c1-4-28-17-11-9-16(10-12-17)22-15(2)29-23-25-21(19(13-14-24)26(22)23)18-7-5-6-8-20(18)27-3/h5-12H,4,13H2,1-3H3. The van der Waals surface area contributed by atoms with Gasteiger partial charge in [0.05, 0.1) is 43.3 Å². The van der Waals surface area contributed by atoms with Crippen LogP contribution in [0.4, 0.5) is 0 Å². The van der Waals surface area contributed by atoms with Gasteiger partial charge in [0.1, 0.15) is 11.5 Å². The van der Waals surface area contributed by atoms with Gasteiger partial charge in [-0.3, -0.25) is 4.40 Å². The predicted octanol–water partition coefficient (Wildman–Crippen LogP) is 5.51. The minimum absolute atomic E-state index is 0.259. The van der Waals surface area contributed by atoms with E-state index in [9.17, 15) is 5.26 Å². The summed E-state index contributed by atoms with van der Waals surface area (Å²) in [6.07, 6.45) is 0.259. The van der Waals surface area contributed by atoms with Crippen molar-refractivity contribution in [3.05, 3.63) is 59.1 Å². The average Bonchev–Trinajstić information content (AvgIpc) is 3.24. The third kappa shape index (κ3) is 3.34. The summed E-state index contributed by atoms with van der Waals surface area (Å²) in [5.74, 6) is 1.59. The van der Waals surface area contributed by atoms with Crippen LogP contribution in [0.3, 0.4) is 0 Å². The van der Waals surface area contributed by atoms with E-state index in [4.69, 9.17) is 14.5 Å². The molecule has 5 nitrogen and oxygen atoms in total. The maximum absolute atomic E-state index is 9.52. The molecule has 0 aliphatic carbocycles. The number of ether oxygens (including phenoxy) is 2. The zero-order valence-electron chi connectivity index (χ0n) is 16.6. The van der Waals surface area contributed by atoms with Crippen molar-refractivity contribution in [2.75, 3.05) is 13.7 Å². The van der Waals surface area contributed by atoms with Gasteiger partial charge in [0.15, 0.2) is 4.96 Å². The van der Waals surface area contributed by atoms with Crippen LogP contribution < -0.4 is 9.47 Å². The number of hydrogen-bond donors (Lipinski definition) is 0. The Balaban J connectivity index is 1.94. The van der Waals surface area contributed by atoms with Crippen molar-refractivity contribution in [2.45, 2.75) is 20.3 Å². The fourth-order valence-electron chi connectivity index (χ4n) is 3.57. The van der Waals surface area contributed by atoms with Crippen molar-refractivity contribution in [1.29, 1.82) is 5.26 Å². The van der Waals surface area contributed by atoms with Gasteiger partial charge in [-0.05, 0) is 55.8 Å². The molecular formula is C23H21N3O2S. The van der Waals surface area contributed by atoms with E-state index in [0.29, 0.717) is 6.61 Å². The van der Waals surface area contributed by atoms with Gasteiger partial charge in [-0.2, -0.15) is 5.26 Å². The molecule has 6 heteroatoms. The summed E-state index contributed by atoms with van der Waals surface area (Å²) < 4.78 is 13.2. The number of thiazole rings is 1. The largest absolute Gasteiger partial charge is 0.496 e. The number of nitrogens with zero attached hydrogens (tertiary/aromatic N) is 3. The molecule has 29 heavy (non-hydrogen) atoms. The molecule has 0 N–H and O–H groups in total. The van der Waals surface area contributed by atoms with Crippen LogP contribution in [0.5, 0.6) is 11.5 Å². The Labute approximate surface area is 173 Å². The lowest BCUT2D eigenvalue weighted by atomic mass is 10.1. The molecule has 0 saturated carbocycles. The summed E-state index contributed by atoms with van der Waals surface area (Å²) in [7, 11) is 1.65. The van der Waals surface area contributed by atoms with Gasteiger partial charge in [-0.1, -0.05) is 12.1 Å². The predicted molar refractivity (Wildman–Crippen MR) is 116 cm³/mol. The van der Waals surface area contributed by atoms with Gasteiger partial charge in [0, 0.05) is 10.4 Å². The summed E-state index contributed by atoms with van der Waals surface area (Å²) >= 11 is 1.63. The summed E-state index contributed by atoms with van der Waals surface area (Å²) in [5, 5.41) is 9.52. The molecule has 0 amide bonds. The van der Waals surface area contributed by atoms with Gasteiger partial charge in [0.2, 0.25) is 0 Å². The van der Waals surface area contributed by atoms with Crippen LogP contribution in [0, 0.1) is 18.3 Å². The third-order valence-corrected chi connectivity index (χ3v) is 5.75. The molecule has 0 fully saturated rings. The second-order valence-electron chi connectivity index (χ2n) is 6.52. The molecule has 0 radical (unpaired) electrons. The number of hydrogen-bond acceptors (Lipinski definition) is 5. The van der Waals surface area contributed by atoms with Gasteiger partial charge in [0.25, 0.3) is 0 Å². The minimum Gasteiger partial charge on any atom is -0.496 e. The fraction of sp³-hybridized carbons (Fsp3) is 0.217. The monoisotopic (exact) mass is 403 g/mol. The van der Waals surface area contributed by atoms with Crippen molar-refractivity contribution in [3.8, 4) is 40.1 Å². The minimum atomic E-state index is 0.259. The normalized spacial score (nSPS) is 10.8. The molecule has 4 aromatic rings. The molecule has 0 unspecified atom stereocenters. The third-order valence-electron chi connectivity index (χ3n) is 4.79. The maximum atomic E-state index is 9.52. The Morgan fingerprint density at radius 2 is 1.90 bits per heavy atom. The highest BCUT2D eigenvalue weighted by Gasteiger charge is 2.22. The smallest absolute Gasteiger partial charge is 0.195 e. The lowest BCUT2D eigenvalue weighted by Crippen LogP contribution is -1.97. The van der Waals surface area contributed by atoms with Crippen LogP contribution in [0.1, 0.15) is 17.5 Å². The van der Waals surface area contributed by atoms with Crippen molar-refractivity contribution in [2.24, 2.45) is 0 Å². The number of nitriles is 1. The van der Waals surface area contributed by atoms with Gasteiger partial charge in [-0.25, -0.2) is 4.98 Å². The first kappa shape index (κ1) is 19.0. The second kappa shape index (κ2) is 7.98. The highest BCUT2D eigenvalue weighted by atomic mass is 32.1. The number of fused-ring (bicyclic) bond motifs is 1. The Morgan fingerprint density at radius 3 is 2.59 bits per heavy atom. The molecule has 4 rings (SSSR count). The van der Waals surface area contributed by atoms with Crippen LogP contribution in [0.2, 0.25) is 0 Å². The van der Waals surface area contributed by atoms with Gasteiger partial charge in [-0.15, -0.1) is 11.3 Å². The van der Waals surface area contributed by atoms with E-state index >= 15 is 0 Å². The molecule has 146 valence electrons. The highest BCUT2D eigenvalue weighted by Crippen LogP contribution is 2.39. The van der Waals surface area contributed by atoms with E-state index in [1.807, 2.05) is 43.3 Å². The van der Waals surface area contributed by atoms with E-state index in [2.05, 4.69) is 29.5 Å². The molecule has 0 spiro atoms. The Kier molecular flexibility index (Phi) is 5.24. The van der Waals surface area contributed by atoms with Crippen molar-refractivity contribution >= 4 is 16.3 Å². The number of imidazole rings is 1. The molecule has 0 atom stereocenters. The van der Waals surface area contributed by atoms with Gasteiger partial charge >= 0.3 is 0 Å². The Bertz CT molecular complexity index is 1200. The van der Waals surface area contributed by atoms with E-state index < -0.39 is 0 Å². The number of aromatic nitrogens is 2. The lowest BCUT2D eigenvalue weighted by molar-refractivity contribution is 0.340. The first-order chi connectivity index (χ1) is 14.2. The van der Waals surface area contributed by atoms with E-state index in [1.54, 1.807) is 18.4 Å². The van der Waals surface area contributed by atoms with Crippen molar-refractivity contribution in [3.63, 3.8) is 0 Å². The van der Waals surface area contributed by atoms with Crippen LogP contribution >= 0.6 is 11.3 Å². The summed E-state index contributed by atoms with van der Waals surface area (Å²) in [4.78, 5) is 6.92. The van der Waals surface area contributed by atoms with Gasteiger partial charge < -0.3 is 9.47 Å². The number of aryl methyl sites for hydroxylation is 1. The van der Waals surface area contributed by atoms with Crippen molar-refractivity contribution < 1.29 is 9.47 Å². The first-order valence-electron chi connectivity index (χ1n) is 9.42. The molecule has 2 heterocycles. The average molecular weight is 404 g/mol. The molecule has 0 saturated heterocycles. The number of benzene rings is 2. The SMILES string of the molecule is CCOc1ccc(-c2c(C)sc3nc(-c4ccccc4OC)c(CC#N)n23)cc1. The molecule has 0 bridgehead atoms. The van der Waals surface area contributed by atoms with Crippen LogP contribution in [0.25, 0.3) is 27.5 Å². The number of rotatable bonds is 6.